The Balaban J connectivity index is 2.04. The van der Waals surface area contributed by atoms with Gasteiger partial charge < -0.3 is 9.72 Å². The van der Waals surface area contributed by atoms with Crippen molar-refractivity contribution in [2.75, 3.05) is 4.98 Å². The van der Waals surface area contributed by atoms with Gasteiger partial charge in [0.2, 0.25) is 0 Å². The number of hydrogen-bond donors (Lipinski definition) is 1. The zero-order valence-electron chi connectivity index (χ0n) is 15.9. The third-order valence-electron chi connectivity index (χ3n) is 4.80. The van der Waals surface area contributed by atoms with Crippen LogP contribution < -0.4 is 4.98 Å². The fourth-order valence-electron chi connectivity index (χ4n) is 3.46. The summed E-state index contributed by atoms with van der Waals surface area (Å²) in [6.07, 6.45) is 9.08. The van der Waals surface area contributed by atoms with Crippen LogP contribution in [-0.4, -0.2) is 33.4 Å². The first-order valence-electron chi connectivity index (χ1n) is 8.84. The van der Waals surface area contributed by atoms with E-state index in [1.165, 1.54) is 0 Å². The van der Waals surface area contributed by atoms with Crippen LogP contribution in [0.5, 0.6) is 0 Å². The van der Waals surface area contributed by atoms with Gasteiger partial charge in [-0.1, -0.05) is 39.4 Å². The lowest BCUT2D eigenvalue weighted by atomic mass is 9.87. The number of terminal acetylenes is 1. The summed E-state index contributed by atoms with van der Waals surface area (Å²) in [6.45, 7) is 12.8. The molecule has 7 heteroatoms. The van der Waals surface area contributed by atoms with Crippen LogP contribution >= 0.6 is 0 Å². The monoisotopic (exact) mass is 357 g/mol. The minimum Gasteiger partial charge on any atom is -0.394 e. The van der Waals surface area contributed by atoms with Crippen molar-refractivity contribution in [1.82, 2.24) is 19.5 Å². The second-order valence-corrected chi connectivity index (χ2v) is 12.7. The van der Waals surface area contributed by atoms with Gasteiger partial charge >= 0.3 is 0 Å². The van der Waals surface area contributed by atoms with E-state index in [2.05, 4.69) is 59.3 Å². The third kappa shape index (κ3) is 3.16. The third-order valence-corrected chi connectivity index (χ3v) is 5.79. The molecule has 2 aromatic rings. The Kier molecular flexibility index (Phi) is 4.37. The first kappa shape index (κ1) is 17.9. The highest BCUT2D eigenvalue weighted by molar-refractivity contribution is 6.79. The van der Waals surface area contributed by atoms with Crippen molar-refractivity contribution >= 4 is 25.2 Å². The molecule has 0 aliphatic carbocycles. The standard InChI is InChI=1S/C18H27N5OSi/c1-8-18(9-2)12(3)10-14(24-18)23-11-19-15-16(22-25(5,6)7)20-13(4)21-17(15)23/h1,11-12,14H,9-10H2,2-7H3,(H,20,21,22)/t12-,14+,18+/m0/s1. The van der Waals surface area contributed by atoms with E-state index < -0.39 is 13.8 Å². The molecular weight excluding hydrogens is 330 g/mol. The van der Waals surface area contributed by atoms with Crippen molar-refractivity contribution in [3.05, 3.63) is 12.2 Å². The molecule has 1 saturated heterocycles. The van der Waals surface area contributed by atoms with Gasteiger partial charge in [0.25, 0.3) is 0 Å². The predicted octanol–water partition coefficient (Wildman–Crippen LogP) is 3.72. The predicted molar refractivity (Wildman–Crippen MR) is 103 cm³/mol. The van der Waals surface area contributed by atoms with E-state index in [-0.39, 0.29) is 12.1 Å². The zero-order chi connectivity index (χ0) is 18.4. The Morgan fingerprint density at radius 1 is 1.44 bits per heavy atom. The molecule has 1 aliphatic rings. The number of nitrogens with zero attached hydrogens (tertiary/aromatic N) is 4. The summed E-state index contributed by atoms with van der Waals surface area (Å²) >= 11 is 0. The number of ether oxygens (including phenoxy) is 1. The van der Waals surface area contributed by atoms with Gasteiger partial charge in [-0.25, -0.2) is 15.0 Å². The summed E-state index contributed by atoms with van der Waals surface area (Å²) in [4.78, 5) is 17.3. The second kappa shape index (κ2) is 6.11. The molecule has 1 N–H and O–H groups in total. The lowest BCUT2D eigenvalue weighted by molar-refractivity contribution is -0.0465. The van der Waals surface area contributed by atoms with Crippen LogP contribution in [0.4, 0.5) is 5.82 Å². The maximum Gasteiger partial charge on any atom is 0.167 e. The maximum absolute atomic E-state index is 6.31. The van der Waals surface area contributed by atoms with Crippen LogP contribution in [0.15, 0.2) is 6.33 Å². The molecule has 1 fully saturated rings. The second-order valence-electron chi connectivity index (χ2n) is 7.92. The SMILES string of the molecule is C#C[C@]1(CC)O[C@@H](n2cnc3c(N[Si](C)(C)C)nc(C)nc32)C[C@@H]1C. The Morgan fingerprint density at radius 2 is 2.16 bits per heavy atom. The zero-order valence-corrected chi connectivity index (χ0v) is 16.9. The number of hydrogen-bond acceptors (Lipinski definition) is 5. The van der Waals surface area contributed by atoms with Gasteiger partial charge in [0, 0.05) is 5.92 Å². The Hall–Kier alpha value is -1.91. The number of aromatic nitrogens is 4. The first-order chi connectivity index (χ1) is 11.7. The molecule has 3 atom stereocenters. The molecule has 3 rings (SSSR count). The molecule has 6 nitrogen and oxygen atoms in total. The van der Waals surface area contributed by atoms with Crippen LogP contribution in [0, 0.1) is 25.2 Å². The van der Waals surface area contributed by atoms with Crippen molar-refractivity contribution < 1.29 is 4.74 Å². The summed E-state index contributed by atoms with van der Waals surface area (Å²) in [5, 5.41) is 0. The van der Waals surface area contributed by atoms with E-state index in [0.29, 0.717) is 0 Å². The van der Waals surface area contributed by atoms with Crippen LogP contribution in [0.3, 0.4) is 0 Å². The van der Waals surface area contributed by atoms with Gasteiger partial charge in [0.05, 0.1) is 6.33 Å². The van der Waals surface area contributed by atoms with Crippen LogP contribution in [0.2, 0.25) is 19.6 Å². The highest BCUT2D eigenvalue weighted by Gasteiger charge is 2.45. The van der Waals surface area contributed by atoms with E-state index in [1.54, 1.807) is 6.33 Å². The molecule has 0 unspecified atom stereocenters. The average molecular weight is 358 g/mol. The largest absolute Gasteiger partial charge is 0.394 e. The highest BCUT2D eigenvalue weighted by atomic mass is 28.3. The first-order valence-corrected chi connectivity index (χ1v) is 12.3. The molecule has 25 heavy (non-hydrogen) atoms. The minimum atomic E-state index is -1.55. The quantitative estimate of drug-likeness (QED) is 0.667. The van der Waals surface area contributed by atoms with Gasteiger partial charge in [-0.3, -0.25) is 4.57 Å². The van der Waals surface area contributed by atoms with Crippen LogP contribution in [-0.2, 0) is 4.74 Å². The molecule has 0 spiro atoms. The van der Waals surface area contributed by atoms with Crippen LogP contribution in [0.25, 0.3) is 11.2 Å². The number of aryl methyl sites for hydroxylation is 1. The fraction of sp³-hybridized carbons (Fsp3) is 0.611. The average Bonchev–Trinajstić information content (AvgIpc) is 3.07. The summed E-state index contributed by atoms with van der Waals surface area (Å²) in [6, 6.07) is 0. The summed E-state index contributed by atoms with van der Waals surface area (Å²) in [5.74, 6) is 4.69. The molecule has 0 saturated carbocycles. The van der Waals surface area contributed by atoms with Crippen molar-refractivity contribution in [1.29, 1.82) is 0 Å². The number of nitrogens with one attached hydrogen (secondary N) is 1. The molecule has 134 valence electrons. The minimum absolute atomic E-state index is 0.148. The summed E-state index contributed by atoms with van der Waals surface area (Å²) < 4.78 is 8.31. The smallest absolute Gasteiger partial charge is 0.167 e. The lowest BCUT2D eigenvalue weighted by Gasteiger charge is -2.25. The summed E-state index contributed by atoms with van der Waals surface area (Å²) in [5.41, 5.74) is 1.08. The van der Waals surface area contributed by atoms with Crippen LogP contribution in [0.1, 0.15) is 38.7 Å². The van der Waals surface area contributed by atoms with Gasteiger partial charge in [-0.15, -0.1) is 6.42 Å². The molecule has 0 bridgehead atoms. The van der Waals surface area contributed by atoms with Crippen molar-refractivity contribution in [3.63, 3.8) is 0 Å². The molecule has 0 radical (unpaired) electrons. The van der Waals surface area contributed by atoms with Gasteiger partial charge in [0.1, 0.15) is 37.2 Å². The Labute approximate surface area is 150 Å². The molecular formula is C18H27N5OSi. The lowest BCUT2D eigenvalue weighted by Crippen LogP contribution is -2.33. The Bertz CT molecular complexity index is 834. The van der Waals surface area contributed by atoms with Gasteiger partial charge in [0.15, 0.2) is 5.65 Å². The maximum atomic E-state index is 6.31. The van der Waals surface area contributed by atoms with E-state index in [4.69, 9.17) is 11.2 Å². The fourth-order valence-corrected chi connectivity index (χ4v) is 4.34. The normalized spacial score (nSPS) is 26.8. The van der Waals surface area contributed by atoms with Crippen molar-refractivity contribution in [2.45, 2.75) is 65.1 Å². The van der Waals surface area contributed by atoms with E-state index in [1.807, 2.05) is 11.5 Å². The van der Waals surface area contributed by atoms with Crippen molar-refractivity contribution in [3.8, 4) is 12.3 Å². The molecule has 2 aromatic heterocycles. The highest BCUT2D eigenvalue weighted by Crippen LogP contribution is 2.43. The van der Waals surface area contributed by atoms with Gasteiger partial charge in [-0.05, 0) is 19.8 Å². The van der Waals surface area contributed by atoms with E-state index >= 15 is 0 Å². The molecule has 3 heterocycles. The number of rotatable bonds is 4. The van der Waals surface area contributed by atoms with E-state index in [0.717, 1.165) is 35.6 Å². The topological polar surface area (TPSA) is 64.9 Å². The summed E-state index contributed by atoms with van der Waals surface area (Å²) in [7, 11) is -1.55. The molecule has 0 aromatic carbocycles. The van der Waals surface area contributed by atoms with Crippen molar-refractivity contribution in [2.24, 2.45) is 5.92 Å². The number of imidazole rings is 1. The number of anilines is 1. The molecule has 1 aliphatic heterocycles. The van der Waals surface area contributed by atoms with Gasteiger partial charge in [-0.2, -0.15) is 0 Å². The Morgan fingerprint density at radius 3 is 2.72 bits per heavy atom. The van der Waals surface area contributed by atoms with E-state index in [9.17, 15) is 0 Å². The number of fused-ring (bicyclic) bond motifs is 1. The molecule has 0 amide bonds.